The Morgan fingerprint density at radius 3 is 1.09 bits per heavy atom. The van der Waals surface area contributed by atoms with Crippen LogP contribution in [0.5, 0.6) is 0 Å². The van der Waals surface area contributed by atoms with Gasteiger partial charge in [0.15, 0.2) is 0 Å². The predicted molar refractivity (Wildman–Crippen MR) is 264 cm³/mol. The summed E-state index contributed by atoms with van der Waals surface area (Å²) in [6.07, 6.45) is -4.72. The first-order valence-corrected chi connectivity index (χ1v) is 22.4. The van der Waals surface area contributed by atoms with E-state index in [1.807, 2.05) is 36.4 Å². The van der Waals surface area contributed by atoms with Crippen LogP contribution >= 0.6 is 0 Å². The van der Waals surface area contributed by atoms with Gasteiger partial charge in [-0.05, 0) is 92.4 Å². The monoisotopic (exact) mass is 853 g/mol. The van der Waals surface area contributed by atoms with Gasteiger partial charge in [0.1, 0.15) is 0 Å². The first-order chi connectivity index (χ1) is 29.9. The largest absolute Gasteiger partial charge is 0.417 e. The number of rotatable bonds is 4. The van der Waals surface area contributed by atoms with E-state index in [4.69, 9.17) is 4.98 Å². The zero-order valence-corrected chi connectivity index (χ0v) is 39.2. The Labute approximate surface area is 375 Å². The Hall–Kier alpha value is -6.14. The SMILES string of the molecule is CC(C)(C)c1ccc2c3ccc(C(C)(C)C)cc3n(-c3cc(-c4cccc(-c5ccccc5)n4)c(C(F)(F)F)cc3-n3c4cc(C(C)(C)C)ccc4c4ccc(C(C)(C)C)cc43)c2c1. The quantitative estimate of drug-likeness (QED) is 0.173. The van der Waals surface area contributed by atoms with Crippen molar-refractivity contribution in [2.24, 2.45) is 0 Å². The summed E-state index contributed by atoms with van der Waals surface area (Å²) < 4.78 is 52.8. The van der Waals surface area contributed by atoms with Gasteiger partial charge >= 0.3 is 6.18 Å². The number of pyridine rings is 1. The van der Waals surface area contributed by atoms with Crippen molar-refractivity contribution in [1.29, 1.82) is 0 Å². The molecule has 3 heterocycles. The van der Waals surface area contributed by atoms with Crippen LogP contribution in [0.1, 0.15) is 111 Å². The topological polar surface area (TPSA) is 22.8 Å². The molecular weight excluding hydrogens is 796 g/mol. The first kappa shape index (κ1) is 43.1. The lowest BCUT2D eigenvalue weighted by Gasteiger charge is -2.24. The van der Waals surface area contributed by atoms with Gasteiger partial charge in [-0.2, -0.15) is 13.2 Å². The Morgan fingerprint density at radius 1 is 0.375 bits per heavy atom. The minimum atomic E-state index is -4.72. The summed E-state index contributed by atoms with van der Waals surface area (Å²) in [6.45, 7) is 26.2. The number of fused-ring (bicyclic) bond motifs is 6. The van der Waals surface area contributed by atoms with Crippen molar-refractivity contribution in [2.45, 2.75) is 111 Å². The smallest absolute Gasteiger partial charge is 0.307 e. The summed E-state index contributed by atoms with van der Waals surface area (Å²) in [5, 5.41) is 4.03. The number of hydrogen-bond acceptors (Lipinski definition) is 1. The van der Waals surface area contributed by atoms with Gasteiger partial charge in [-0.15, -0.1) is 0 Å². The molecule has 6 heteroatoms. The van der Waals surface area contributed by atoms with E-state index in [0.29, 0.717) is 17.1 Å². The van der Waals surface area contributed by atoms with E-state index < -0.39 is 11.7 Å². The standard InChI is InChI=1S/C58H58F3N3/c1-54(2,3)36-21-25-40-41-26-22-37(55(4,5)6)30-49(41)63(48(40)29-36)52-33-44(47-20-16-19-46(62-47)35-17-14-13-15-18-35)45(58(59,60)61)34-53(52)64-50-31-38(56(7,8)9)23-27-42(50)43-28-24-39(32-51(43)64)57(10,11)12/h13-34H,1-12H3. The van der Waals surface area contributed by atoms with Crippen molar-refractivity contribution in [3.8, 4) is 33.9 Å². The van der Waals surface area contributed by atoms with E-state index >= 15 is 13.2 Å². The summed E-state index contributed by atoms with van der Waals surface area (Å²) in [5.41, 5.74) is 9.22. The maximum Gasteiger partial charge on any atom is 0.417 e. The van der Waals surface area contributed by atoms with Crippen LogP contribution in [-0.2, 0) is 27.8 Å². The lowest BCUT2D eigenvalue weighted by atomic mass is 9.86. The maximum atomic E-state index is 16.2. The van der Waals surface area contributed by atoms with E-state index in [-0.39, 0.29) is 32.9 Å². The van der Waals surface area contributed by atoms with Gasteiger partial charge in [0.25, 0.3) is 0 Å². The maximum absolute atomic E-state index is 16.2. The summed E-state index contributed by atoms with van der Waals surface area (Å²) in [7, 11) is 0. The number of aromatic nitrogens is 3. The Morgan fingerprint density at radius 2 is 0.734 bits per heavy atom. The van der Waals surface area contributed by atoms with Crippen LogP contribution in [-0.4, -0.2) is 14.1 Å². The molecule has 0 radical (unpaired) electrons. The molecular formula is C58H58F3N3. The van der Waals surface area contributed by atoms with Gasteiger partial charge in [-0.1, -0.05) is 168 Å². The molecule has 0 aliphatic carbocycles. The van der Waals surface area contributed by atoms with Crippen molar-refractivity contribution in [2.75, 3.05) is 0 Å². The number of hydrogen-bond donors (Lipinski definition) is 0. The van der Waals surface area contributed by atoms with Crippen LogP contribution in [0, 0.1) is 0 Å². The number of halogens is 3. The molecule has 64 heavy (non-hydrogen) atoms. The second-order valence-corrected chi connectivity index (χ2v) is 21.8. The molecule has 0 aliphatic rings. The van der Waals surface area contributed by atoms with Gasteiger partial charge < -0.3 is 9.13 Å². The van der Waals surface area contributed by atoms with Gasteiger partial charge in [0.2, 0.25) is 0 Å². The highest BCUT2D eigenvalue weighted by Gasteiger charge is 2.37. The van der Waals surface area contributed by atoms with Crippen LogP contribution in [0.25, 0.3) is 77.5 Å². The fourth-order valence-electron chi connectivity index (χ4n) is 9.16. The normalized spacial score (nSPS) is 13.2. The highest BCUT2D eigenvalue weighted by atomic mass is 19.4. The molecule has 0 saturated heterocycles. The molecule has 0 fully saturated rings. The second-order valence-electron chi connectivity index (χ2n) is 21.8. The van der Waals surface area contributed by atoms with Crippen molar-refractivity contribution in [1.82, 2.24) is 14.1 Å². The fraction of sp³-hybridized carbons (Fsp3) is 0.293. The average Bonchev–Trinajstić information content (AvgIpc) is 3.73. The molecule has 0 amide bonds. The summed E-state index contributed by atoms with van der Waals surface area (Å²) in [5.74, 6) is 0. The van der Waals surface area contributed by atoms with Crippen molar-refractivity contribution < 1.29 is 13.2 Å². The third-order valence-electron chi connectivity index (χ3n) is 13.0. The molecule has 326 valence electrons. The minimum absolute atomic E-state index is 0.0181. The Kier molecular flexibility index (Phi) is 9.91. The van der Waals surface area contributed by atoms with Crippen LogP contribution in [0.4, 0.5) is 13.2 Å². The average molecular weight is 854 g/mol. The zero-order chi connectivity index (χ0) is 45.9. The van der Waals surface area contributed by atoms with Gasteiger partial charge in [-0.3, -0.25) is 0 Å². The predicted octanol–water partition coefficient (Wildman–Crippen LogP) is 16.8. The molecule has 0 N–H and O–H groups in total. The molecule has 6 aromatic carbocycles. The van der Waals surface area contributed by atoms with E-state index in [0.717, 1.165) is 71.4 Å². The Bertz CT molecular complexity index is 3140. The van der Waals surface area contributed by atoms with Crippen LogP contribution in [0.2, 0.25) is 0 Å². The van der Waals surface area contributed by atoms with Gasteiger partial charge in [0.05, 0.1) is 50.4 Å². The number of nitrogens with zero attached hydrogens (tertiary/aromatic N) is 3. The third-order valence-corrected chi connectivity index (χ3v) is 13.0. The van der Waals surface area contributed by atoms with Crippen molar-refractivity contribution in [3.05, 3.63) is 161 Å². The molecule has 9 aromatic rings. The van der Waals surface area contributed by atoms with Crippen LogP contribution in [0.15, 0.2) is 133 Å². The van der Waals surface area contributed by atoms with Crippen molar-refractivity contribution in [3.63, 3.8) is 0 Å². The summed E-state index contributed by atoms with van der Waals surface area (Å²) in [4.78, 5) is 4.98. The lowest BCUT2D eigenvalue weighted by molar-refractivity contribution is -0.137. The molecule has 9 rings (SSSR count). The van der Waals surface area contributed by atoms with E-state index in [2.05, 4.69) is 165 Å². The highest BCUT2D eigenvalue weighted by molar-refractivity contribution is 6.12. The first-order valence-electron chi connectivity index (χ1n) is 22.4. The molecule has 0 aliphatic heterocycles. The molecule has 0 atom stereocenters. The second kappa shape index (κ2) is 14.7. The molecule has 0 spiro atoms. The Balaban J connectivity index is 1.53. The minimum Gasteiger partial charge on any atom is -0.307 e. The van der Waals surface area contributed by atoms with E-state index in [9.17, 15) is 0 Å². The van der Waals surface area contributed by atoms with E-state index in [1.165, 1.54) is 6.07 Å². The highest BCUT2D eigenvalue weighted by Crippen LogP contribution is 2.47. The summed E-state index contributed by atoms with van der Waals surface area (Å²) >= 11 is 0. The molecule has 3 nitrogen and oxygen atoms in total. The molecule has 0 unspecified atom stereocenters. The molecule has 0 bridgehead atoms. The third kappa shape index (κ3) is 7.49. The molecule has 0 saturated carbocycles. The number of benzene rings is 6. The van der Waals surface area contributed by atoms with E-state index in [1.54, 1.807) is 18.2 Å². The van der Waals surface area contributed by atoms with Crippen LogP contribution < -0.4 is 0 Å². The van der Waals surface area contributed by atoms with Gasteiger partial charge in [-0.25, -0.2) is 4.98 Å². The lowest BCUT2D eigenvalue weighted by Crippen LogP contribution is -2.14. The molecule has 3 aromatic heterocycles. The summed E-state index contributed by atoms with van der Waals surface area (Å²) in [6, 6.07) is 44.4. The zero-order valence-electron chi connectivity index (χ0n) is 39.2. The van der Waals surface area contributed by atoms with Gasteiger partial charge in [0, 0.05) is 32.7 Å². The van der Waals surface area contributed by atoms with Crippen molar-refractivity contribution >= 4 is 43.6 Å². The number of alkyl halides is 3. The van der Waals surface area contributed by atoms with Crippen LogP contribution in [0.3, 0.4) is 0 Å². The fourth-order valence-corrected chi connectivity index (χ4v) is 9.16.